The summed E-state index contributed by atoms with van der Waals surface area (Å²) < 4.78 is 11.2. The number of hydrogen-bond acceptors (Lipinski definition) is 6. The SMILES string of the molecule is CCOc1cc(/C=N\NC(=O)C(=O)Nc2cccc(Cl)c2Cl)ccc1OCC(=O)Nc1ccccc1Cl. The predicted molar refractivity (Wildman–Crippen MR) is 144 cm³/mol. The molecule has 0 aliphatic rings. The van der Waals surface area contributed by atoms with Crippen LogP contribution in [0, 0.1) is 0 Å². The third-order valence-corrected chi connectivity index (χ3v) is 5.71. The summed E-state index contributed by atoms with van der Waals surface area (Å²) in [4.78, 5) is 36.4. The van der Waals surface area contributed by atoms with Gasteiger partial charge in [-0.1, -0.05) is 53.0 Å². The van der Waals surface area contributed by atoms with Gasteiger partial charge >= 0.3 is 11.8 Å². The molecule has 0 aromatic heterocycles. The van der Waals surface area contributed by atoms with E-state index in [0.717, 1.165) is 0 Å². The first-order valence-electron chi connectivity index (χ1n) is 10.8. The molecule has 0 heterocycles. The maximum Gasteiger partial charge on any atom is 0.329 e. The molecule has 0 spiro atoms. The van der Waals surface area contributed by atoms with E-state index in [4.69, 9.17) is 44.3 Å². The fourth-order valence-electron chi connectivity index (χ4n) is 2.88. The van der Waals surface area contributed by atoms with Gasteiger partial charge in [0, 0.05) is 0 Å². The zero-order valence-corrected chi connectivity index (χ0v) is 21.7. The van der Waals surface area contributed by atoms with E-state index in [-0.39, 0.29) is 22.3 Å². The first-order valence-corrected chi connectivity index (χ1v) is 11.9. The molecule has 3 aromatic carbocycles. The highest BCUT2D eigenvalue weighted by Crippen LogP contribution is 2.30. The van der Waals surface area contributed by atoms with E-state index in [1.54, 1.807) is 61.5 Å². The van der Waals surface area contributed by atoms with Crippen molar-refractivity contribution in [1.82, 2.24) is 5.43 Å². The summed E-state index contributed by atoms with van der Waals surface area (Å²) in [5.41, 5.74) is 3.33. The van der Waals surface area contributed by atoms with Crippen LogP contribution in [0.2, 0.25) is 15.1 Å². The topological polar surface area (TPSA) is 118 Å². The molecule has 3 N–H and O–H groups in total. The van der Waals surface area contributed by atoms with Gasteiger partial charge in [-0.25, -0.2) is 5.43 Å². The Morgan fingerprint density at radius 3 is 2.32 bits per heavy atom. The molecular weight excluding hydrogens is 543 g/mol. The van der Waals surface area contributed by atoms with Crippen LogP contribution in [0.5, 0.6) is 11.5 Å². The molecular formula is C25H21Cl3N4O5. The normalized spacial score (nSPS) is 10.6. The molecule has 0 radical (unpaired) electrons. The number of rotatable bonds is 9. The van der Waals surface area contributed by atoms with Crippen molar-refractivity contribution >= 4 is 70.1 Å². The summed E-state index contributed by atoms with van der Waals surface area (Å²) in [6, 6.07) is 16.3. The van der Waals surface area contributed by atoms with Crippen LogP contribution in [0.1, 0.15) is 12.5 Å². The predicted octanol–water partition coefficient (Wildman–Crippen LogP) is 5.15. The Morgan fingerprint density at radius 1 is 0.838 bits per heavy atom. The van der Waals surface area contributed by atoms with Crippen molar-refractivity contribution in [1.29, 1.82) is 0 Å². The van der Waals surface area contributed by atoms with Gasteiger partial charge in [-0.3, -0.25) is 14.4 Å². The molecule has 0 aliphatic heterocycles. The number of benzene rings is 3. The third-order valence-electron chi connectivity index (χ3n) is 4.56. The molecule has 3 aromatic rings. The zero-order valence-electron chi connectivity index (χ0n) is 19.4. The van der Waals surface area contributed by atoms with Gasteiger partial charge in [0.1, 0.15) is 0 Å². The van der Waals surface area contributed by atoms with E-state index >= 15 is 0 Å². The Labute approximate surface area is 227 Å². The molecule has 0 atom stereocenters. The maximum atomic E-state index is 12.2. The van der Waals surface area contributed by atoms with Gasteiger partial charge in [0.2, 0.25) is 0 Å². The highest BCUT2D eigenvalue weighted by atomic mass is 35.5. The minimum atomic E-state index is -1.01. The second kappa shape index (κ2) is 13.5. The number of hydrazone groups is 1. The molecule has 0 saturated heterocycles. The molecule has 192 valence electrons. The Kier molecular flexibility index (Phi) is 10.1. The van der Waals surface area contributed by atoms with Crippen molar-refractivity contribution in [3.05, 3.63) is 81.3 Å². The number of hydrogen-bond donors (Lipinski definition) is 3. The van der Waals surface area contributed by atoms with Crippen molar-refractivity contribution in [3.63, 3.8) is 0 Å². The van der Waals surface area contributed by atoms with Crippen molar-refractivity contribution in [2.75, 3.05) is 23.8 Å². The van der Waals surface area contributed by atoms with Crippen LogP contribution in [0.15, 0.2) is 65.8 Å². The van der Waals surface area contributed by atoms with Crippen LogP contribution in [0.4, 0.5) is 11.4 Å². The number of amides is 3. The molecule has 0 unspecified atom stereocenters. The number of nitrogens with one attached hydrogen (secondary N) is 3. The maximum absolute atomic E-state index is 12.2. The Balaban J connectivity index is 1.57. The lowest BCUT2D eigenvalue weighted by molar-refractivity contribution is -0.136. The van der Waals surface area contributed by atoms with E-state index in [2.05, 4.69) is 21.2 Å². The standard InChI is InChI=1S/C25H21Cl3N4O5/c1-2-36-21-12-15(10-11-20(21)37-14-22(33)30-18-8-4-3-6-16(18)26)13-29-32-25(35)24(34)31-19-9-5-7-17(27)23(19)28/h3-13H,2,14H2,1H3,(H,30,33)(H,31,34)(H,32,35)/b29-13-. The highest BCUT2D eigenvalue weighted by molar-refractivity contribution is 6.45. The molecule has 0 bridgehead atoms. The lowest BCUT2D eigenvalue weighted by atomic mass is 10.2. The summed E-state index contributed by atoms with van der Waals surface area (Å²) in [6.45, 7) is 1.85. The van der Waals surface area contributed by atoms with Crippen molar-refractivity contribution in [2.24, 2.45) is 5.10 Å². The molecule has 9 nitrogen and oxygen atoms in total. The molecule has 0 fully saturated rings. The molecule has 3 rings (SSSR count). The van der Waals surface area contributed by atoms with Crippen molar-refractivity contribution in [3.8, 4) is 11.5 Å². The third kappa shape index (κ3) is 8.11. The van der Waals surface area contributed by atoms with E-state index in [1.165, 1.54) is 12.3 Å². The Bertz CT molecular complexity index is 1330. The first-order chi connectivity index (χ1) is 17.8. The Morgan fingerprint density at radius 2 is 1.57 bits per heavy atom. The zero-order chi connectivity index (χ0) is 26.8. The minimum absolute atomic E-state index is 0.112. The average molecular weight is 564 g/mol. The Hall–Kier alpha value is -3.79. The number of para-hydroxylation sites is 1. The van der Waals surface area contributed by atoms with Crippen LogP contribution in [0.25, 0.3) is 0 Å². The summed E-state index contributed by atoms with van der Waals surface area (Å²) in [6.07, 6.45) is 1.31. The van der Waals surface area contributed by atoms with Crippen LogP contribution in [-0.4, -0.2) is 37.1 Å². The monoisotopic (exact) mass is 562 g/mol. The van der Waals surface area contributed by atoms with Crippen molar-refractivity contribution < 1.29 is 23.9 Å². The summed E-state index contributed by atoms with van der Waals surface area (Å²) in [5.74, 6) is -1.70. The summed E-state index contributed by atoms with van der Waals surface area (Å²) in [5, 5.41) is 9.57. The van der Waals surface area contributed by atoms with Crippen LogP contribution in [-0.2, 0) is 14.4 Å². The summed E-state index contributed by atoms with van der Waals surface area (Å²) in [7, 11) is 0. The molecule has 37 heavy (non-hydrogen) atoms. The number of ether oxygens (including phenoxy) is 2. The van der Waals surface area contributed by atoms with Gasteiger partial charge in [-0.05, 0) is 55.0 Å². The largest absolute Gasteiger partial charge is 0.490 e. The quantitative estimate of drug-likeness (QED) is 0.189. The average Bonchev–Trinajstić information content (AvgIpc) is 2.87. The fourth-order valence-corrected chi connectivity index (χ4v) is 3.41. The van der Waals surface area contributed by atoms with Gasteiger partial charge in [-0.15, -0.1) is 0 Å². The van der Waals surface area contributed by atoms with E-state index in [9.17, 15) is 14.4 Å². The number of carbonyl (C=O) groups is 3. The second-order valence-electron chi connectivity index (χ2n) is 7.21. The number of anilines is 2. The van der Waals surface area contributed by atoms with Crippen LogP contribution in [0.3, 0.4) is 0 Å². The first kappa shape index (κ1) is 27.8. The van der Waals surface area contributed by atoms with Gasteiger partial charge in [0.05, 0.1) is 39.3 Å². The molecule has 12 heteroatoms. The smallest absolute Gasteiger partial charge is 0.329 e. The van der Waals surface area contributed by atoms with Crippen LogP contribution >= 0.6 is 34.8 Å². The van der Waals surface area contributed by atoms with E-state index in [0.29, 0.717) is 34.4 Å². The van der Waals surface area contributed by atoms with Gasteiger partial charge < -0.3 is 20.1 Å². The molecule has 0 saturated carbocycles. The number of carbonyl (C=O) groups excluding carboxylic acids is 3. The van der Waals surface area contributed by atoms with E-state index in [1.807, 2.05) is 0 Å². The van der Waals surface area contributed by atoms with Crippen molar-refractivity contribution in [2.45, 2.75) is 6.92 Å². The number of nitrogens with zero attached hydrogens (tertiary/aromatic N) is 1. The lowest BCUT2D eigenvalue weighted by Gasteiger charge is -2.13. The van der Waals surface area contributed by atoms with E-state index < -0.39 is 17.7 Å². The minimum Gasteiger partial charge on any atom is -0.490 e. The van der Waals surface area contributed by atoms with Gasteiger partial charge in [0.15, 0.2) is 18.1 Å². The lowest BCUT2D eigenvalue weighted by Crippen LogP contribution is -2.32. The second-order valence-corrected chi connectivity index (χ2v) is 8.40. The fraction of sp³-hybridized carbons (Fsp3) is 0.120. The van der Waals surface area contributed by atoms with Gasteiger partial charge in [0.25, 0.3) is 5.91 Å². The molecule has 3 amide bonds. The molecule has 0 aliphatic carbocycles. The van der Waals surface area contributed by atoms with Crippen LogP contribution < -0.4 is 25.5 Å². The summed E-state index contributed by atoms with van der Waals surface area (Å²) >= 11 is 18.0. The van der Waals surface area contributed by atoms with Gasteiger partial charge in [-0.2, -0.15) is 5.10 Å². The number of halogens is 3. The highest BCUT2D eigenvalue weighted by Gasteiger charge is 2.15.